The van der Waals surface area contributed by atoms with E-state index in [1.54, 1.807) is 52.0 Å². The summed E-state index contributed by atoms with van der Waals surface area (Å²) in [5.74, 6) is -2.21. The minimum absolute atomic E-state index is 0.0838. The summed E-state index contributed by atoms with van der Waals surface area (Å²) in [5.41, 5.74) is 0.916. The molecule has 6 nitrogen and oxygen atoms in total. The zero-order valence-electron chi connectivity index (χ0n) is 17.6. The Labute approximate surface area is 179 Å². The first-order valence-electron chi connectivity index (χ1n) is 9.80. The van der Waals surface area contributed by atoms with Crippen LogP contribution in [0.1, 0.15) is 59.7 Å². The Morgan fingerprint density at radius 1 is 0.774 bits per heavy atom. The van der Waals surface area contributed by atoms with E-state index in [0.29, 0.717) is 22.3 Å². The molecule has 3 aromatic carbocycles. The summed E-state index contributed by atoms with van der Waals surface area (Å²) in [7, 11) is 0. The normalized spacial score (nSPS) is 14.3. The highest BCUT2D eigenvalue weighted by atomic mass is 16.6. The van der Waals surface area contributed by atoms with Gasteiger partial charge in [-0.2, -0.15) is 0 Å². The summed E-state index contributed by atoms with van der Waals surface area (Å²) in [6.45, 7) is 6.90. The Bertz CT molecular complexity index is 1210. The van der Waals surface area contributed by atoms with E-state index < -0.39 is 17.5 Å². The molecule has 0 amide bonds. The van der Waals surface area contributed by atoms with Crippen LogP contribution in [0.3, 0.4) is 0 Å². The lowest BCUT2D eigenvalue weighted by Gasteiger charge is -2.35. The molecule has 0 saturated carbocycles. The number of cyclic esters (lactones) is 1. The van der Waals surface area contributed by atoms with Crippen LogP contribution in [-0.4, -0.2) is 27.3 Å². The van der Waals surface area contributed by atoms with E-state index >= 15 is 0 Å². The molecule has 4 rings (SSSR count). The second-order valence-corrected chi connectivity index (χ2v) is 7.95. The Kier molecular flexibility index (Phi) is 4.54. The Morgan fingerprint density at radius 2 is 1.26 bits per heavy atom. The van der Waals surface area contributed by atoms with Crippen LogP contribution in [0, 0.1) is 27.7 Å². The SMILES string of the molecule is Cc1ccc(C)c(C2(c3c(C)ccc(C)c3O)OC(=O)c3cccc(C(=O)O)c32)c1O. The maximum Gasteiger partial charge on any atom is 0.340 e. The lowest BCUT2D eigenvalue weighted by Crippen LogP contribution is -2.33. The molecule has 3 N–H and O–H groups in total. The smallest absolute Gasteiger partial charge is 0.340 e. The van der Waals surface area contributed by atoms with Gasteiger partial charge in [-0.15, -0.1) is 0 Å². The molecule has 0 fully saturated rings. The molecule has 0 spiro atoms. The van der Waals surface area contributed by atoms with Gasteiger partial charge >= 0.3 is 11.9 Å². The summed E-state index contributed by atoms with van der Waals surface area (Å²) in [4.78, 5) is 25.2. The van der Waals surface area contributed by atoms with E-state index in [-0.39, 0.29) is 39.3 Å². The number of carbonyl (C=O) groups is 2. The maximum atomic E-state index is 13.0. The minimum atomic E-state index is -1.83. The number of hydrogen-bond acceptors (Lipinski definition) is 5. The molecule has 1 aliphatic rings. The molecule has 0 unspecified atom stereocenters. The number of carboxylic acid groups (broad SMARTS) is 1. The van der Waals surface area contributed by atoms with E-state index in [4.69, 9.17) is 4.74 Å². The van der Waals surface area contributed by atoms with Gasteiger partial charge in [0.25, 0.3) is 0 Å². The van der Waals surface area contributed by atoms with E-state index in [0.717, 1.165) is 0 Å². The van der Waals surface area contributed by atoms with Crippen LogP contribution < -0.4 is 0 Å². The summed E-state index contributed by atoms with van der Waals surface area (Å²) >= 11 is 0. The van der Waals surface area contributed by atoms with Gasteiger partial charge in [0.1, 0.15) is 11.5 Å². The first-order valence-corrected chi connectivity index (χ1v) is 9.80. The molecule has 3 aromatic rings. The van der Waals surface area contributed by atoms with Crippen molar-refractivity contribution < 1.29 is 29.6 Å². The fourth-order valence-corrected chi connectivity index (χ4v) is 4.48. The number of phenols is 2. The quantitative estimate of drug-likeness (QED) is 0.542. The Balaban J connectivity index is 2.31. The molecule has 1 heterocycles. The topological polar surface area (TPSA) is 104 Å². The van der Waals surface area contributed by atoms with Crippen LogP contribution >= 0.6 is 0 Å². The second kappa shape index (κ2) is 6.87. The highest BCUT2D eigenvalue weighted by Gasteiger charge is 2.55. The van der Waals surface area contributed by atoms with Crippen LogP contribution in [0.5, 0.6) is 11.5 Å². The zero-order valence-corrected chi connectivity index (χ0v) is 17.6. The number of fused-ring (bicyclic) bond motifs is 1. The van der Waals surface area contributed by atoms with Crippen LogP contribution in [-0.2, 0) is 10.3 Å². The van der Waals surface area contributed by atoms with E-state index in [9.17, 15) is 24.9 Å². The molecule has 6 heteroatoms. The number of hydrogen-bond donors (Lipinski definition) is 3. The third kappa shape index (κ3) is 2.71. The number of benzene rings is 3. The summed E-state index contributed by atoms with van der Waals surface area (Å²) < 4.78 is 5.99. The van der Waals surface area contributed by atoms with Gasteiger partial charge in [0.05, 0.1) is 11.1 Å². The number of carbonyl (C=O) groups excluding carboxylic acids is 1. The van der Waals surface area contributed by atoms with Gasteiger partial charge in [0, 0.05) is 16.7 Å². The molecule has 31 heavy (non-hydrogen) atoms. The highest BCUT2D eigenvalue weighted by Crippen LogP contribution is 2.55. The molecule has 0 radical (unpaired) electrons. The van der Waals surface area contributed by atoms with Crippen molar-refractivity contribution in [3.05, 3.63) is 92.5 Å². The average Bonchev–Trinajstić information content (AvgIpc) is 3.01. The standard InChI is InChI=1S/C25H22O6/c1-12-8-10-14(3)21(26)18(12)25(19-13(2)9-11-15(4)22(19)27)20-16(23(28)29)6-5-7-17(20)24(30)31-25/h5-11,26-27H,1-4H3,(H,28,29). The van der Waals surface area contributed by atoms with Gasteiger partial charge in [-0.25, -0.2) is 9.59 Å². The number of aromatic carboxylic acids is 1. The number of esters is 1. The number of carboxylic acids is 1. The molecule has 0 aromatic heterocycles. The third-order valence-corrected chi connectivity index (χ3v) is 5.99. The molecular formula is C25H22O6. The van der Waals surface area contributed by atoms with Crippen LogP contribution in [0.4, 0.5) is 0 Å². The van der Waals surface area contributed by atoms with Gasteiger partial charge < -0.3 is 20.1 Å². The molecule has 0 bridgehead atoms. The van der Waals surface area contributed by atoms with Gasteiger partial charge in [0.2, 0.25) is 0 Å². The summed E-state index contributed by atoms with van der Waals surface area (Å²) in [5, 5.41) is 32.2. The molecule has 0 atom stereocenters. The van der Waals surface area contributed by atoms with Gasteiger partial charge in [-0.3, -0.25) is 0 Å². The number of aryl methyl sites for hydroxylation is 4. The molecule has 0 saturated heterocycles. The van der Waals surface area contributed by atoms with Crippen LogP contribution in [0.2, 0.25) is 0 Å². The van der Waals surface area contributed by atoms with Crippen molar-refractivity contribution in [2.75, 3.05) is 0 Å². The minimum Gasteiger partial charge on any atom is -0.507 e. The van der Waals surface area contributed by atoms with Crippen molar-refractivity contribution in [3.63, 3.8) is 0 Å². The van der Waals surface area contributed by atoms with Gasteiger partial charge in [0.15, 0.2) is 5.60 Å². The summed E-state index contributed by atoms with van der Waals surface area (Å²) in [6.07, 6.45) is 0. The van der Waals surface area contributed by atoms with Crippen molar-refractivity contribution in [1.29, 1.82) is 0 Å². The van der Waals surface area contributed by atoms with Crippen molar-refractivity contribution in [2.45, 2.75) is 33.3 Å². The lowest BCUT2D eigenvalue weighted by atomic mass is 9.73. The largest absolute Gasteiger partial charge is 0.507 e. The fraction of sp³-hybridized carbons (Fsp3) is 0.200. The van der Waals surface area contributed by atoms with Crippen molar-refractivity contribution in [3.8, 4) is 11.5 Å². The highest BCUT2D eigenvalue weighted by molar-refractivity contribution is 6.02. The zero-order chi connectivity index (χ0) is 22.7. The summed E-state index contributed by atoms with van der Waals surface area (Å²) in [6, 6.07) is 11.4. The van der Waals surface area contributed by atoms with Gasteiger partial charge in [-0.05, 0) is 62.1 Å². The van der Waals surface area contributed by atoms with Crippen molar-refractivity contribution in [1.82, 2.24) is 0 Å². The number of phenolic OH excluding ortho intramolecular Hbond substituents is 2. The van der Waals surface area contributed by atoms with Crippen LogP contribution in [0.25, 0.3) is 0 Å². The van der Waals surface area contributed by atoms with Gasteiger partial charge in [-0.1, -0.05) is 30.3 Å². The first kappa shape index (κ1) is 20.5. The number of rotatable bonds is 3. The third-order valence-electron chi connectivity index (χ3n) is 5.99. The molecular weight excluding hydrogens is 396 g/mol. The van der Waals surface area contributed by atoms with E-state index in [1.165, 1.54) is 18.2 Å². The first-order chi connectivity index (χ1) is 14.6. The molecule has 1 aliphatic heterocycles. The predicted molar refractivity (Wildman–Crippen MR) is 114 cm³/mol. The lowest BCUT2D eigenvalue weighted by molar-refractivity contribution is 0.0230. The Hall–Kier alpha value is -3.80. The number of ether oxygens (including phenoxy) is 1. The van der Waals surface area contributed by atoms with E-state index in [1.807, 2.05) is 0 Å². The fourth-order valence-electron chi connectivity index (χ4n) is 4.48. The van der Waals surface area contributed by atoms with Crippen molar-refractivity contribution >= 4 is 11.9 Å². The maximum absolute atomic E-state index is 13.0. The van der Waals surface area contributed by atoms with Crippen LogP contribution in [0.15, 0.2) is 42.5 Å². The predicted octanol–water partition coefficient (Wildman–Crippen LogP) is 4.49. The van der Waals surface area contributed by atoms with E-state index in [2.05, 4.69) is 0 Å². The second-order valence-electron chi connectivity index (χ2n) is 7.95. The Morgan fingerprint density at radius 3 is 1.74 bits per heavy atom. The molecule has 158 valence electrons. The monoisotopic (exact) mass is 418 g/mol. The molecule has 0 aliphatic carbocycles. The number of aromatic hydroxyl groups is 2. The average molecular weight is 418 g/mol. The van der Waals surface area contributed by atoms with Crippen molar-refractivity contribution in [2.24, 2.45) is 0 Å².